The van der Waals surface area contributed by atoms with Crippen molar-refractivity contribution < 1.29 is 9.90 Å². The first-order valence-corrected chi connectivity index (χ1v) is 6.57. The lowest BCUT2D eigenvalue weighted by Crippen LogP contribution is -2.49. The summed E-state index contributed by atoms with van der Waals surface area (Å²) in [6.07, 6.45) is 8.11. The topological polar surface area (TPSA) is 49.3 Å². The van der Waals surface area contributed by atoms with Gasteiger partial charge in [-0.05, 0) is 32.2 Å². The number of carboxylic acid groups (broad SMARTS) is 1. The Labute approximate surface area is 98.6 Å². The first-order chi connectivity index (χ1) is 7.58. The van der Waals surface area contributed by atoms with Crippen molar-refractivity contribution >= 4 is 5.97 Å². The van der Waals surface area contributed by atoms with Crippen LogP contribution in [0.4, 0.5) is 0 Å². The fourth-order valence-electron chi connectivity index (χ4n) is 2.62. The molecule has 1 aliphatic carbocycles. The molecule has 16 heavy (non-hydrogen) atoms. The Hall–Kier alpha value is -0.570. The summed E-state index contributed by atoms with van der Waals surface area (Å²) in [5.41, 5.74) is -0.729. The summed E-state index contributed by atoms with van der Waals surface area (Å²) in [4.78, 5) is 11.2. The molecule has 0 heterocycles. The molecule has 1 saturated carbocycles. The first kappa shape index (κ1) is 13.5. The molecule has 1 atom stereocenters. The zero-order valence-electron chi connectivity index (χ0n) is 10.6. The van der Waals surface area contributed by atoms with Crippen molar-refractivity contribution in [3.8, 4) is 0 Å². The Balaban J connectivity index is 2.29. The van der Waals surface area contributed by atoms with E-state index in [0.717, 1.165) is 25.3 Å². The molecule has 1 unspecified atom stereocenters. The highest BCUT2D eigenvalue weighted by Gasteiger charge is 2.31. The highest BCUT2D eigenvalue weighted by atomic mass is 16.4. The second-order valence-corrected chi connectivity index (χ2v) is 5.25. The fourth-order valence-corrected chi connectivity index (χ4v) is 2.62. The number of carbonyl (C=O) groups is 1. The van der Waals surface area contributed by atoms with Crippen LogP contribution in [0.1, 0.15) is 58.8 Å². The Morgan fingerprint density at radius 2 is 2.06 bits per heavy atom. The minimum Gasteiger partial charge on any atom is -0.480 e. The first-order valence-electron chi connectivity index (χ1n) is 6.57. The lowest BCUT2D eigenvalue weighted by molar-refractivity contribution is -0.144. The molecule has 1 rings (SSSR count). The van der Waals surface area contributed by atoms with Crippen LogP contribution in [0.5, 0.6) is 0 Å². The van der Waals surface area contributed by atoms with Gasteiger partial charge in [0.1, 0.15) is 5.54 Å². The number of nitrogens with one attached hydrogen (secondary N) is 1. The maximum atomic E-state index is 11.2. The lowest BCUT2D eigenvalue weighted by Gasteiger charge is -2.26. The van der Waals surface area contributed by atoms with Gasteiger partial charge in [-0.25, -0.2) is 0 Å². The summed E-state index contributed by atoms with van der Waals surface area (Å²) in [5, 5.41) is 12.4. The number of rotatable bonds is 7. The van der Waals surface area contributed by atoms with Crippen molar-refractivity contribution in [3.05, 3.63) is 0 Å². The Morgan fingerprint density at radius 3 is 2.56 bits per heavy atom. The summed E-state index contributed by atoms with van der Waals surface area (Å²) in [6, 6.07) is 0. The molecule has 94 valence electrons. The fraction of sp³-hybridized carbons (Fsp3) is 0.923. The molecule has 0 aliphatic heterocycles. The van der Waals surface area contributed by atoms with E-state index in [9.17, 15) is 9.90 Å². The normalized spacial score (nSPS) is 20.9. The molecular weight excluding hydrogens is 202 g/mol. The van der Waals surface area contributed by atoms with Crippen molar-refractivity contribution in [2.45, 2.75) is 64.3 Å². The summed E-state index contributed by atoms with van der Waals surface area (Å²) in [6.45, 7) is 4.67. The van der Waals surface area contributed by atoms with Crippen LogP contribution in [0.15, 0.2) is 0 Å². The third-order valence-electron chi connectivity index (χ3n) is 3.76. The zero-order valence-corrected chi connectivity index (χ0v) is 10.6. The quantitative estimate of drug-likeness (QED) is 0.703. The zero-order chi connectivity index (χ0) is 12.0. The van der Waals surface area contributed by atoms with Gasteiger partial charge in [-0.3, -0.25) is 4.79 Å². The van der Waals surface area contributed by atoms with Crippen molar-refractivity contribution in [3.63, 3.8) is 0 Å². The SMILES string of the molecule is CCCC(C)(NCCC1CCCC1)C(=O)O. The van der Waals surface area contributed by atoms with Crippen LogP contribution < -0.4 is 5.32 Å². The van der Waals surface area contributed by atoms with Crippen LogP contribution in [0.3, 0.4) is 0 Å². The molecule has 0 bridgehead atoms. The van der Waals surface area contributed by atoms with Crippen molar-refractivity contribution in [1.82, 2.24) is 5.32 Å². The second-order valence-electron chi connectivity index (χ2n) is 5.25. The summed E-state index contributed by atoms with van der Waals surface area (Å²) in [5.74, 6) is 0.105. The third-order valence-corrected chi connectivity index (χ3v) is 3.76. The van der Waals surface area contributed by atoms with E-state index in [0.29, 0.717) is 6.42 Å². The number of aliphatic carboxylic acids is 1. The predicted molar refractivity (Wildman–Crippen MR) is 65.5 cm³/mol. The maximum Gasteiger partial charge on any atom is 0.323 e. The van der Waals surface area contributed by atoms with Gasteiger partial charge in [-0.15, -0.1) is 0 Å². The molecule has 0 spiro atoms. The predicted octanol–water partition coefficient (Wildman–Crippen LogP) is 2.80. The average Bonchev–Trinajstić information content (AvgIpc) is 2.70. The molecule has 0 radical (unpaired) electrons. The van der Waals surface area contributed by atoms with Gasteiger partial charge < -0.3 is 10.4 Å². The van der Waals surface area contributed by atoms with Gasteiger partial charge in [0, 0.05) is 0 Å². The van der Waals surface area contributed by atoms with E-state index in [-0.39, 0.29) is 0 Å². The Kier molecular flexibility index (Phi) is 5.26. The van der Waals surface area contributed by atoms with Gasteiger partial charge in [0.15, 0.2) is 0 Å². The average molecular weight is 227 g/mol. The van der Waals surface area contributed by atoms with E-state index in [1.807, 2.05) is 6.92 Å². The van der Waals surface area contributed by atoms with Gasteiger partial charge >= 0.3 is 5.97 Å². The molecule has 0 aromatic heterocycles. The van der Waals surface area contributed by atoms with Crippen LogP contribution in [0, 0.1) is 5.92 Å². The molecule has 2 N–H and O–H groups in total. The molecule has 3 heteroatoms. The molecular formula is C13H25NO2. The summed E-state index contributed by atoms with van der Waals surface area (Å²) in [7, 11) is 0. The van der Waals surface area contributed by atoms with Crippen molar-refractivity contribution in [2.75, 3.05) is 6.54 Å². The van der Waals surface area contributed by atoms with Crippen LogP contribution in [0.25, 0.3) is 0 Å². The monoisotopic (exact) mass is 227 g/mol. The van der Waals surface area contributed by atoms with E-state index in [4.69, 9.17) is 0 Å². The smallest absolute Gasteiger partial charge is 0.323 e. The molecule has 0 aromatic rings. The second kappa shape index (κ2) is 6.24. The molecule has 1 aliphatic rings. The largest absolute Gasteiger partial charge is 0.480 e. The van der Waals surface area contributed by atoms with Gasteiger partial charge in [0.05, 0.1) is 0 Å². The highest BCUT2D eigenvalue weighted by molar-refractivity contribution is 5.78. The van der Waals surface area contributed by atoms with Crippen LogP contribution in [-0.4, -0.2) is 23.2 Å². The third kappa shape index (κ3) is 3.78. The Morgan fingerprint density at radius 1 is 1.44 bits per heavy atom. The summed E-state index contributed by atoms with van der Waals surface area (Å²) < 4.78 is 0. The number of hydrogen-bond acceptors (Lipinski definition) is 2. The van der Waals surface area contributed by atoms with Gasteiger partial charge in [0.25, 0.3) is 0 Å². The van der Waals surface area contributed by atoms with Gasteiger partial charge in [-0.2, -0.15) is 0 Å². The molecule has 1 fully saturated rings. The van der Waals surface area contributed by atoms with E-state index in [2.05, 4.69) is 5.32 Å². The van der Waals surface area contributed by atoms with Crippen molar-refractivity contribution in [1.29, 1.82) is 0 Å². The minimum absolute atomic E-state index is 0.701. The van der Waals surface area contributed by atoms with E-state index in [1.54, 1.807) is 6.92 Å². The molecule has 0 aromatic carbocycles. The minimum atomic E-state index is -0.729. The van der Waals surface area contributed by atoms with E-state index < -0.39 is 11.5 Å². The standard InChI is InChI=1S/C13H25NO2/c1-3-9-13(2,12(15)16)14-10-8-11-6-4-5-7-11/h11,14H,3-10H2,1-2H3,(H,15,16). The van der Waals surface area contributed by atoms with Crippen LogP contribution >= 0.6 is 0 Å². The molecule has 3 nitrogen and oxygen atoms in total. The highest BCUT2D eigenvalue weighted by Crippen LogP contribution is 2.27. The Bertz CT molecular complexity index is 224. The number of carboxylic acids is 1. The van der Waals surface area contributed by atoms with Crippen LogP contribution in [-0.2, 0) is 4.79 Å². The molecule has 0 saturated heterocycles. The lowest BCUT2D eigenvalue weighted by atomic mass is 9.95. The van der Waals surface area contributed by atoms with Crippen molar-refractivity contribution in [2.24, 2.45) is 5.92 Å². The van der Waals surface area contributed by atoms with Crippen LogP contribution in [0.2, 0.25) is 0 Å². The maximum absolute atomic E-state index is 11.2. The molecule has 0 amide bonds. The van der Waals surface area contributed by atoms with Gasteiger partial charge in [-0.1, -0.05) is 39.0 Å². The summed E-state index contributed by atoms with van der Waals surface area (Å²) >= 11 is 0. The number of hydrogen-bond donors (Lipinski definition) is 2. The van der Waals surface area contributed by atoms with E-state index >= 15 is 0 Å². The van der Waals surface area contributed by atoms with Gasteiger partial charge in [0.2, 0.25) is 0 Å². The van der Waals surface area contributed by atoms with E-state index in [1.165, 1.54) is 25.7 Å².